The molecule has 1 aromatic carbocycles. The van der Waals surface area contributed by atoms with Gasteiger partial charge in [-0.05, 0) is 42.7 Å². The maximum Gasteiger partial charge on any atom is 0.270 e. The van der Waals surface area contributed by atoms with Gasteiger partial charge >= 0.3 is 0 Å². The van der Waals surface area contributed by atoms with E-state index in [1.807, 2.05) is 4.90 Å². The lowest BCUT2D eigenvalue weighted by Crippen LogP contribution is -2.51. The van der Waals surface area contributed by atoms with Gasteiger partial charge in [0.2, 0.25) is 5.91 Å². The lowest BCUT2D eigenvalue weighted by atomic mass is 10.0. The molecule has 0 bridgehead atoms. The highest BCUT2D eigenvalue weighted by Crippen LogP contribution is 2.48. The molecule has 9 nitrogen and oxygen atoms in total. The molecule has 10 heteroatoms. The molecule has 1 saturated heterocycles. The minimum absolute atomic E-state index is 0.00915. The van der Waals surface area contributed by atoms with Crippen LogP contribution in [0.1, 0.15) is 39.3 Å². The molecule has 2 aliphatic heterocycles. The summed E-state index contributed by atoms with van der Waals surface area (Å²) in [6.07, 6.45) is 1.51. The molecule has 3 heterocycles. The summed E-state index contributed by atoms with van der Waals surface area (Å²) in [5.41, 5.74) is 0.0638. The van der Waals surface area contributed by atoms with E-state index in [1.54, 1.807) is 29.2 Å². The van der Waals surface area contributed by atoms with Crippen molar-refractivity contribution in [2.45, 2.75) is 25.9 Å². The monoisotopic (exact) mass is 498 g/mol. The second-order valence-corrected chi connectivity index (χ2v) is 9.75. The molecule has 184 valence electrons. The quantitative estimate of drug-likeness (QED) is 0.651. The predicted molar refractivity (Wildman–Crippen MR) is 128 cm³/mol. The molecule has 0 unspecified atom stereocenters. The fraction of sp³-hybridized carbons (Fsp3) is 0.440. The first-order chi connectivity index (χ1) is 16.9. The molecule has 2 aromatic rings. The average Bonchev–Trinajstić information content (AvgIpc) is 3.66. The summed E-state index contributed by atoms with van der Waals surface area (Å²) in [7, 11) is 0. The van der Waals surface area contributed by atoms with E-state index in [4.69, 9.17) is 16.3 Å². The van der Waals surface area contributed by atoms with Crippen LogP contribution in [0.4, 0.5) is 0 Å². The highest BCUT2D eigenvalue weighted by Gasteiger charge is 2.53. The number of carbonyl (C=O) groups is 3. The normalized spacial score (nSPS) is 18.7. The minimum Gasteiger partial charge on any atom is -0.378 e. The number of carbonyl (C=O) groups excluding carboxylic acids is 3. The number of ether oxygens (including phenoxy) is 1. The summed E-state index contributed by atoms with van der Waals surface area (Å²) in [4.78, 5) is 55.5. The fourth-order valence-electron chi connectivity index (χ4n) is 4.73. The van der Waals surface area contributed by atoms with Crippen molar-refractivity contribution in [3.63, 3.8) is 0 Å². The summed E-state index contributed by atoms with van der Waals surface area (Å²) in [6, 6.07) is 9.98. The Morgan fingerprint density at radius 1 is 0.971 bits per heavy atom. The van der Waals surface area contributed by atoms with Crippen LogP contribution in [0.15, 0.2) is 41.2 Å². The third-order valence-corrected chi connectivity index (χ3v) is 7.24. The Morgan fingerprint density at radius 2 is 1.69 bits per heavy atom. The number of fused-ring (bicyclic) bond motifs is 1. The summed E-state index contributed by atoms with van der Waals surface area (Å²) >= 11 is 5.88. The SMILES string of the molecule is O=C(NCc1ccc(Cl)cc1)c1ccc2n(c1=O)CCN(CC1(C(=O)N3CCOCC3)CC1)C2=O. The second-order valence-electron chi connectivity index (χ2n) is 9.31. The van der Waals surface area contributed by atoms with Crippen molar-refractivity contribution < 1.29 is 19.1 Å². The number of nitrogens with one attached hydrogen (secondary N) is 1. The molecule has 1 saturated carbocycles. The third-order valence-electron chi connectivity index (χ3n) is 6.98. The predicted octanol–water partition coefficient (Wildman–Crippen LogP) is 1.53. The summed E-state index contributed by atoms with van der Waals surface area (Å²) in [5, 5.41) is 3.35. The van der Waals surface area contributed by atoms with Gasteiger partial charge in [-0.3, -0.25) is 19.2 Å². The number of hydrogen-bond acceptors (Lipinski definition) is 5. The van der Waals surface area contributed by atoms with Gasteiger partial charge < -0.3 is 24.4 Å². The highest BCUT2D eigenvalue weighted by molar-refractivity contribution is 6.30. The zero-order chi connectivity index (χ0) is 24.6. The van der Waals surface area contributed by atoms with Crippen LogP contribution in [0.2, 0.25) is 5.02 Å². The molecule has 1 aromatic heterocycles. The Labute approximate surface area is 207 Å². The first kappa shape index (κ1) is 23.6. The van der Waals surface area contributed by atoms with Gasteiger partial charge in [0.15, 0.2) is 0 Å². The van der Waals surface area contributed by atoms with Gasteiger partial charge in [0.1, 0.15) is 11.3 Å². The molecular weight excluding hydrogens is 472 g/mol. The van der Waals surface area contributed by atoms with Gasteiger partial charge in [0, 0.05) is 44.3 Å². The van der Waals surface area contributed by atoms with Gasteiger partial charge in [-0.25, -0.2) is 0 Å². The maximum absolute atomic E-state index is 13.2. The second kappa shape index (κ2) is 9.47. The Hall–Kier alpha value is -3.17. The lowest BCUT2D eigenvalue weighted by molar-refractivity contribution is -0.141. The lowest BCUT2D eigenvalue weighted by Gasteiger charge is -2.35. The number of hydrogen-bond donors (Lipinski definition) is 1. The van der Waals surface area contributed by atoms with Crippen LogP contribution in [-0.4, -0.2) is 71.5 Å². The molecule has 0 radical (unpaired) electrons. The van der Waals surface area contributed by atoms with Crippen LogP contribution < -0.4 is 10.9 Å². The van der Waals surface area contributed by atoms with E-state index in [1.165, 1.54) is 16.7 Å². The Kier molecular flexibility index (Phi) is 6.37. The van der Waals surface area contributed by atoms with Crippen LogP contribution in [0.25, 0.3) is 0 Å². The maximum atomic E-state index is 13.2. The topological polar surface area (TPSA) is 101 Å². The number of pyridine rings is 1. The van der Waals surface area contributed by atoms with E-state index < -0.39 is 16.9 Å². The zero-order valence-corrected chi connectivity index (χ0v) is 20.1. The third kappa shape index (κ3) is 4.70. The van der Waals surface area contributed by atoms with Gasteiger partial charge in [-0.15, -0.1) is 0 Å². The van der Waals surface area contributed by atoms with E-state index in [9.17, 15) is 19.2 Å². The van der Waals surface area contributed by atoms with Crippen LogP contribution in [0, 0.1) is 5.41 Å². The van der Waals surface area contributed by atoms with Gasteiger partial charge in [-0.1, -0.05) is 23.7 Å². The molecule has 1 aliphatic carbocycles. The highest BCUT2D eigenvalue weighted by atomic mass is 35.5. The summed E-state index contributed by atoms with van der Waals surface area (Å²) < 4.78 is 6.71. The minimum atomic E-state index is -0.531. The molecule has 1 N–H and O–H groups in total. The Balaban J connectivity index is 1.27. The zero-order valence-electron chi connectivity index (χ0n) is 19.3. The first-order valence-electron chi connectivity index (χ1n) is 11.8. The number of benzene rings is 1. The van der Waals surface area contributed by atoms with Crippen molar-refractivity contribution in [1.82, 2.24) is 19.7 Å². The van der Waals surface area contributed by atoms with E-state index in [0.29, 0.717) is 44.4 Å². The van der Waals surface area contributed by atoms with E-state index in [-0.39, 0.29) is 36.2 Å². The number of rotatable bonds is 6. The molecule has 5 rings (SSSR count). The van der Waals surface area contributed by atoms with Crippen LogP contribution in [0.5, 0.6) is 0 Å². The smallest absolute Gasteiger partial charge is 0.270 e. The van der Waals surface area contributed by atoms with Crippen molar-refractivity contribution in [3.05, 3.63) is 68.6 Å². The number of morpholine rings is 1. The number of halogens is 1. The number of amides is 3. The van der Waals surface area contributed by atoms with Crippen molar-refractivity contribution in [2.75, 3.05) is 39.4 Å². The number of nitrogens with zero attached hydrogens (tertiary/aromatic N) is 3. The molecule has 2 fully saturated rings. The van der Waals surface area contributed by atoms with Crippen LogP contribution >= 0.6 is 11.6 Å². The average molecular weight is 499 g/mol. The van der Waals surface area contributed by atoms with E-state index in [2.05, 4.69) is 5.32 Å². The molecule has 35 heavy (non-hydrogen) atoms. The first-order valence-corrected chi connectivity index (χ1v) is 12.2. The standard InChI is InChI=1S/C25H27ClN4O5/c26-18-3-1-17(2-4-18)15-27-21(31)19-5-6-20-23(33)29(9-10-30(20)22(19)32)16-25(7-8-25)24(34)28-11-13-35-14-12-28/h1-6H,7-16H2,(H,27,31). The van der Waals surface area contributed by atoms with Crippen molar-refractivity contribution in [2.24, 2.45) is 5.41 Å². The molecule has 0 atom stereocenters. The van der Waals surface area contributed by atoms with E-state index >= 15 is 0 Å². The van der Waals surface area contributed by atoms with Crippen molar-refractivity contribution in [3.8, 4) is 0 Å². The molecule has 3 aliphatic rings. The largest absolute Gasteiger partial charge is 0.378 e. The fourth-order valence-corrected chi connectivity index (χ4v) is 4.86. The molecule has 0 spiro atoms. The van der Waals surface area contributed by atoms with E-state index in [0.717, 1.165) is 18.4 Å². The van der Waals surface area contributed by atoms with Gasteiger partial charge in [-0.2, -0.15) is 0 Å². The van der Waals surface area contributed by atoms with Gasteiger partial charge in [0.25, 0.3) is 17.4 Å². The Bertz CT molecular complexity index is 1220. The van der Waals surface area contributed by atoms with Gasteiger partial charge in [0.05, 0.1) is 18.6 Å². The summed E-state index contributed by atoms with van der Waals surface area (Å²) in [6.45, 7) is 3.43. The van der Waals surface area contributed by atoms with Crippen LogP contribution in [0.3, 0.4) is 0 Å². The Morgan fingerprint density at radius 3 is 2.37 bits per heavy atom. The van der Waals surface area contributed by atoms with Crippen molar-refractivity contribution >= 4 is 29.3 Å². The summed E-state index contributed by atoms with van der Waals surface area (Å²) in [5.74, 6) is -0.699. The van der Waals surface area contributed by atoms with Crippen molar-refractivity contribution in [1.29, 1.82) is 0 Å². The molecular formula is C25H27ClN4O5. The van der Waals surface area contributed by atoms with Crippen LogP contribution in [-0.2, 0) is 22.6 Å². The number of aromatic nitrogens is 1. The molecule has 3 amide bonds.